The van der Waals surface area contributed by atoms with Crippen molar-refractivity contribution in [2.24, 2.45) is 0 Å². The molecule has 9 aromatic rings. The number of aromatic nitrogens is 2. The van der Waals surface area contributed by atoms with Crippen LogP contribution in [0.3, 0.4) is 0 Å². The average molecular weight is 1070 g/mol. The number of benzene rings is 7. The van der Waals surface area contributed by atoms with Crippen LogP contribution >= 0.6 is 0 Å². The minimum Gasteiger partial charge on any atom is -0.509 e. The Bertz CT molecular complexity index is 3280. The quantitative estimate of drug-likeness (QED) is 0.135. The summed E-state index contributed by atoms with van der Waals surface area (Å²) >= 11 is 0. The van der Waals surface area contributed by atoms with Gasteiger partial charge in [-0.25, -0.2) is 4.98 Å². The van der Waals surface area contributed by atoms with Crippen LogP contribution in [-0.4, -0.2) is 9.55 Å². The van der Waals surface area contributed by atoms with E-state index in [4.69, 9.17) is 9.72 Å². The van der Waals surface area contributed by atoms with Crippen LogP contribution < -0.4 is 14.5 Å². The Labute approximate surface area is 417 Å². The molecule has 6 heteroatoms. The van der Waals surface area contributed by atoms with E-state index in [1.54, 1.807) is 0 Å². The molecule has 0 unspecified atom stereocenters. The first-order chi connectivity index (χ1) is 32.0. The smallest absolute Gasteiger partial charge is 0.135 e. The molecule has 346 valence electrons. The minimum atomic E-state index is -0.209. The summed E-state index contributed by atoms with van der Waals surface area (Å²) in [6, 6.07) is 66.0. The summed E-state index contributed by atoms with van der Waals surface area (Å²) in [5, 5.41) is 2.23. The van der Waals surface area contributed by atoms with Crippen molar-refractivity contribution in [1.29, 1.82) is 0 Å². The number of hydrogen-bond acceptors (Lipinski definition) is 4. The monoisotopic (exact) mass is 1070 g/mol. The number of para-hydroxylation sites is 2. The van der Waals surface area contributed by atoms with Gasteiger partial charge >= 0.3 is 0 Å². The molecular formula is C62H59N4OPt-3. The van der Waals surface area contributed by atoms with Gasteiger partial charge in [-0.1, -0.05) is 166 Å². The number of ether oxygens (including phenoxy) is 1. The fourth-order valence-corrected chi connectivity index (χ4v) is 9.47. The molecule has 0 radical (unpaired) electrons. The van der Waals surface area contributed by atoms with Gasteiger partial charge in [0, 0.05) is 72.2 Å². The fourth-order valence-electron chi connectivity index (χ4n) is 9.47. The van der Waals surface area contributed by atoms with Gasteiger partial charge in [-0.2, -0.15) is 12.1 Å². The molecule has 0 bridgehead atoms. The summed E-state index contributed by atoms with van der Waals surface area (Å²) in [6.07, 6.45) is 1.92. The van der Waals surface area contributed by atoms with Crippen molar-refractivity contribution in [2.45, 2.75) is 90.9 Å². The van der Waals surface area contributed by atoms with Gasteiger partial charge in [0.05, 0.1) is 0 Å². The van der Waals surface area contributed by atoms with E-state index in [1.807, 2.05) is 24.4 Å². The Balaban J connectivity index is 0.00000578. The average Bonchev–Trinajstić information content (AvgIpc) is 3.87. The third-order valence-electron chi connectivity index (χ3n) is 13.9. The number of anilines is 4. The molecule has 0 saturated carbocycles. The van der Waals surface area contributed by atoms with Gasteiger partial charge in [0.15, 0.2) is 0 Å². The zero-order valence-electron chi connectivity index (χ0n) is 40.8. The molecule has 3 heterocycles. The molecule has 5 nitrogen and oxygen atoms in total. The number of nitrogens with zero attached hydrogens (tertiary/aromatic N) is 4. The van der Waals surface area contributed by atoms with Crippen LogP contribution in [0.25, 0.3) is 27.6 Å². The second-order valence-electron chi connectivity index (χ2n) is 21.2. The topological polar surface area (TPSA) is 33.5 Å². The van der Waals surface area contributed by atoms with Gasteiger partial charge < -0.3 is 19.1 Å². The van der Waals surface area contributed by atoms with Crippen molar-refractivity contribution >= 4 is 44.6 Å². The van der Waals surface area contributed by atoms with E-state index < -0.39 is 0 Å². The molecule has 0 atom stereocenters. The fraction of sp³-hybridized carbons (Fsp3) is 0.226. The summed E-state index contributed by atoms with van der Waals surface area (Å²) in [7, 11) is 0. The van der Waals surface area contributed by atoms with E-state index in [1.165, 1.54) is 33.4 Å². The van der Waals surface area contributed by atoms with E-state index in [0.717, 1.165) is 50.4 Å². The van der Waals surface area contributed by atoms with Crippen molar-refractivity contribution in [2.75, 3.05) is 9.80 Å². The van der Waals surface area contributed by atoms with Crippen molar-refractivity contribution in [3.05, 3.63) is 222 Å². The van der Waals surface area contributed by atoms with Crippen LogP contribution in [0.15, 0.2) is 170 Å². The van der Waals surface area contributed by atoms with Gasteiger partial charge in [0.1, 0.15) is 5.82 Å². The number of pyridine rings is 1. The van der Waals surface area contributed by atoms with E-state index in [9.17, 15) is 0 Å². The van der Waals surface area contributed by atoms with Crippen LogP contribution in [0, 0.1) is 18.8 Å². The largest absolute Gasteiger partial charge is 0.509 e. The molecule has 0 fully saturated rings. The molecule has 10 rings (SSSR count). The Hall–Kier alpha value is -6.42. The standard InChI is InChI=1S/C62H59N4O.Pt/c1-59(2,3)44-32-33-63-58(38-44)66-54-31-28-45(61(7,8)42-20-13-11-14-21-42)37-53(54)52-30-29-51(40-57(52)66)67-50-25-19-24-48(39-50)64-41-65(56-27-18-17-26-55(56)64)49-35-46(60(4,5)6)34-47(36-49)62(9,10)43-22-15-12-16-23-43;/h11-38,41H,1-10H3;/q-3;. The number of rotatable bonds is 9. The number of fused-ring (bicyclic) bond motifs is 4. The van der Waals surface area contributed by atoms with Gasteiger partial charge in [-0.15, -0.1) is 48.1 Å². The third kappa shape index (κ3) is 8.56. The van der Waals surface area contributed by atoms with E-state index in [2.05, 4.69) is 248 Å². The molecule has 1 aliphatic heterocycles. The van der Waals surface area contributed by atoms with Gasteiger partial charge in [0.25, 0.3) is 0 Å². The summed E-state index contributed by atoms with van der Waals surface area (Å²) in [5.41, 5.74) is 13.2. The molecular weight excluding hydrogens is 1010 g/mol. The Kier molecular flexibility index (Phi) is 12.1. The minimum absolute atomic E-state index is 0. The Morgan fingerprint density at radius 1 is 0.471 bits per heavy atom. The van der Waals surface area contributed by atoms with Crippen molar-refractivity contribution < 1.29 is 25.8 Å². The maximum atomic E-state index is 6.74. The second kappa shape index (κ2) is 17.6. The molecule has 2 aromatic heterocycles. The molecule has 0 spiro atoms. The van der Waals surface area contributed by atoms with Crippen molar-refractivity contribution in [3.8, 4) is 17.3 Å². The zero-order valence-corrected chi connectivity index (χ0v) is 43.0. The SMILES string of the molecule is CC(C)(C)c1cc(N2[CH-]N(c3[c-]c(Oc4[c-]c5c(cc4)c4cc(C(C)(C)c6ccccc6)ccc4n5-c4cc(C(C)(C)C)ccn4)ccc3)c3ccccc32)cc(C(C)(C)c2ccccc2)c1.[Pt]. The first-order valence-electron chi connectivity index (χ1n) is 23.4. The maximum absolute atomic E-state index is 6.74. The van der Waals surface area contributed by atoms with Crippen molar-refractivity contribution in [3.63, 3.8) is 0 Å². The summed E-state index contributed by atoms with van der Waals surface area (Å²) in [5.74, 6) is 2.05. The molecule has 0 aliphatic carbocycles. The molecule has 0 N–H and O–H groups in total. The van der Waals surface area contributed by atoms with E-state index in [-0.39, 0.29) is 42.7 Å². The van der Waals surface area contributed by atoms with E-state index in [0.29, 0.717) is 11.5 Å². The Morgan fingerprint density at radius 3 is 1.74 bits per heavy atom. The van der Waals surface area contributed by atoms with E-state index >= 15 is 0 Å². The van der Waals surface area contributed by atoms with Crippen LogP contribution in [0.4, 0.5) is 22.7 Å². The molecule has 0 saturated heterocycles. The van der Waals surface area contributed by atoms with Crippen molar-refractivity contribution in [1.82, 2.24) is 9.55 Å². The third-order valence-corrected chi connectivity index (χ3v) is 13.9. The first-order valence-corrected chi connectivity index (χ1v) is 23.4. The van der Waals surface area contributed by atoms with Crippen LogP contribution in [-0.2, 0) is 42.7 Å². The molecule has 7 aromatic carbocycles. The zero-order chi connectivity index (χ0) is 46.9. The van der Waals surface area contributed by atoms with Crippen LogP contribution in [0.5, 0.6) is 11.5 Å². The molecule has 0 amide bonds. The summed E-state index contributed by atoms with van der Waals surface area (Å²) in [4.78, 5) is 9.48. The maximum Gasteiger partial charge on any atom is 0.135 e. The summed E-state index contributed by atoms with van der Waals surface area (Å²) in [6.45, 7) is 25.0. The second-order valence-corrected chi connectivity index (χ2v) is 21.2. The Morgan fingerprint density at radius 2 is 1.07 bits per heavy atom. The van der Waals surface area contributed by atoms with Crippen LogP contribution in [0.1, 0.15) is 103 Å². The normalized spacial score (nSPS) is 13.2. The molecule has 68 heavy (non-hydrogen) atoms. The predicted molar refractivity (Wildman–Crippen MR) is 279 cm³/mol. The van der Waals surface area contributed by atoms with Crippen LogP contribution in [0.2, 0.25) is 0 Å². The van der Waals surface area contributed by atoms with Gasteiger partial charge in [-0.05, 0) is 92.1 Å². The molecule has 1 aliphatic rings. The van der Waals surface area contributed by atoms with Gasteiger partial charge in [0.2, 0.25) is 0 Å². The first kappa shape index (κ1) is 46.7. The predicted octanol–water partition coefficient (Wildman–Crippen LogP) is 16.2. The van der Waals surface area contributed by atoms with Gasteiger partial charge in [-0.3, -0.25) is 0 Å². The summed E-state index contributed by atoms with van der Waals surface area (Å²) < 4.78 is 8.97. The number of hydrogen-bond donors (Lipinski definition) is 0.